The van der Waals surface area contributed by atoms with Crippen molar-refractivity contribution in [2.24, 2.45) is 0 Å². The van der Waals surface area contributed by atoms with E-state index in [0.717, 1.165) is 35.0 Å². The van der Waals surface area contributed by atoms with Crippen molar-refractivity contribution in [3.63, 3.8) is 0 Å². The Morgan fingerprint density at radius 3 is 2.72 bits per heavy atom. The molecule has 2 aromatic heterocycles. The van der Waals surface area contributed by atoms with E-state index >= 15 is 0 Å². The fourth-order valence-electron chi connectivity index (χ4n) is 3.47. The zero-order chi connectivity index (χ0) is 23.5. The molecule has 1 aliphatic rings. The number of hydrogen-bond donors (Lipinski definition) is 1. The van der Waals surface area contributed by atoms with Crippen molar-refractivity contribution in [1.29, 1.82) is 5.26 Å². The fraction of sp³-hybridized carbons (Fsp3) is 0.476. The normalized spacial score (nSPS) is 16.3. The first-order valence-corrected chi connectivity index (χ1v) is 12.6. The van der Waals surface area contributed by atoms with Gasteiger partial charge in [0.15, 0.2) is 0 Å². The van der Waals surface area contributed by atoms with Gasteiger partial charge in [0.1, 0.15) is 16.8 Å². The number of anilines is 1. The second-order valence-electron chi connectivity index (χ2n) is 7.75. The van der Waals surface area contributed by atoms with Gasteiger partial charge in [-0.1, -0.05) is 11.8 Å². The van der Waals surface area contributed by atoms with Crippen LogP contribution in [0.25, 0.3) is 0 Å². The van der Waals surface area contributed by atoms with Gasteiger partial charge in [0.2, 0.25) is 15.9 Å². The largest absolute Gasteiger partial charge is 0.376 e. The molecule has 1 unspecified atom stereocenters. The number of nitrogens with zero attached hydrogens (tertiary/aromatic N) is 4. The Bertz CT molecular complexity index is 1130. The fourth-order valence-corrected chi connectivity index (χ4v) is 4.96. The van der Waals surface area contributed by atoms with Crippen LogP contribution in [-0.4, -0.2) is 60.7 Å². The van der Waals surface area contributed by atoms with Crippen molar-refractivity contribution in [2.75, 3.05) is 31.8 Å². The maximum absolute atomic E-state index is 12.7. The lowest BCUT2D eigenvalue weighted by Crippen LogP contribution is -2.22. The number of nitrogens with one attached hydrogen (secondary N) is 1. The number of hydrogen-bond acceptors (Lipinski definition) is 7. The Morgan fingerprint density at radius 1 is 1.41 bits per heavy atom. The molecule has 172 valence electrons. The summed E-state index contributed by atoms with van der Waals surface area (Å²) in [6, 6.07) is 5.24. The Morgan fingerprint density at radius 2 is 2.16 bits per heavy atom. The predicted octanol–water partition coefficient (Wildman–Crippen LogP) is 2.53. The van der Waals surface area contributed by atoms with E-state index in [-0.39, 0.29) is 22.7 Å². The van der Waals surface area contributed by atoms with Gasteiger partial charge in [-0.2, -0.15) is 5.26 Å². The summed E-state index contributed by atoms with van der Waals surface area (Å²) in [6.07, 6.45) is 3.31. The summed E-state index contributed by atoms with van der Waals surface area (Å²) in [5, 5.41) is 13.0. The lowest BCUT2D eigenvalue weighted by Gasteiger charge is -2.16. The highest BCUT2D eigenvalue weighted by atomic mass is 32.2. The van der Waals surface area contributed by atoms with E-state index in [2.05, 4.69) is 16.4 Å². The van der Waals surface area contributed by atoms with Gasteiger partial charge < -0.3 is 14.6 Å². The van der Waals surface area contributed by atoms with Gasteiger partial charge in [0, 0.05) is 32.6 Å². The molecule has 0 spiro atoms. The molecule has 1 N–H and O–H groups in total. The molecule has 1 atom stereocenters. The minimum absolute atomic E-state index is 0.0678. The molecule has 1 fully saturated rings. The molecule has 0 radical (unpaired) electrons. The Hall–Kier alpha value is -2.39. The summed E-state index contributed by atoms with van der Waals surface area (Å²) < 4.78 is 33.1. The maximum atomic E-state index is 12.7. The molecule has 32 heavy (non-hydrogen) atoms. The van der Waals surface area contributed by atoms with E-state index in [1.807, 2.05) is 18.4 Å². The molecule has 0 saturated carbocycles. The summed E-state index contributed by atoms with van der Waals surface area (Å²) in [5.74, 6) is 0.286. The van der Waals surface area contributed by atoms with Crippen LogP contribution in [0.4, 0.5) is 5.82 Å². The number of rotatable bonds is 8. The van der Waals surface area contributed by atoms with E-state index < -0.39 is 10.0 Å². The van der Waals surface area contributed by atoms with Crippen molar-refractivity contribution in [3.05, 3.63) is 35.2 Å². The van der Waals surface area contributed by atoms with Gasteiger partial charge in [-0.25, -0.2) is 17.7 Å². The van der Waals surface area contributed by atoms with E-state index in [1.54, 1.807) is 6.07 Å². The first-order valence-electron chi connectivity index (χ1n) is 10.2. The van der Waals surface area contributed by atoms with Gasteiger partial charge in [-0.15, -0.1) is 0 Å². The summed E-state index contributed by atoms with van der Waals surface area (Å²) >= 11 is 1.19. The second-order valence-corrected chi connectivity index (χ2v) is 10.9. The zero-order valence-corrected chi connectivity index (χ0v) is 20.2. The third-order valence-electron chi connectivity index (χ3n) is 5.45. The van der Waals surface area contributed by atoms with E-state index in [4.69, 9.17) is 4.74 Å². The summed E-state index contributed by atoms with van der Waals surface area (Å²) in [5.41, 5.74) is 2.22. The number of ether oxygens (including phenoxy) is 1. The number of carbonyl (C=O) groups is 1. The predicted molar refractivity (Wildman–Crippen MR) is 122 cm³/mol. The molecule has 1 saturated heterocycles. The van der Waals surface area contributed by atoms with Crippen LogP contribution in [0.15, 0.2) is 28.3 Å². The molecule has 9 nitrogen and oxygen atoms in total. The molecule has 0 bridgehead atoms. The molecular formula is C21H27N5O4S2. The average molecular weight is 478 g/mol. The topological polar surface area (TPSA) is 117 Å². The number of sulfonamides is 1. The summed E-state index contributed by atoms with van der Waals surface area (Å²) in [6.45, 7) is 5.12. The number of nitriles is 1. The monoisotopic (exact) mass is 477 g/mol. The van der Waals surface area contributed by atoms with Crippen molar-refractivity contribution in [3.8, 4) is 6.07 Å². The van der Waals surface area contributed by atoms with Crippen molar-refractivity contribution < 1.29 is 17.9 Å². The molecule has 2 aromatic rings. The van der Waals surface area contributed by atoms with Crippen LogP contribution < -0.4 is 5.32 Å². The number of pyridine rings is 1. The molecule has 3 heterocycles. The van der Waals surface area contributed by atoms with Crippen LogP contribution in [0.3, 0.4) is 0 Å². The zero-order valence-electron chi connectivity index (χ0n) is 18.6. The average Bonchev–Trinajstić information content (AvgIpc) is 3.35. The van der Waals surface area contributed by atoms with Gasteiger partial charge in [-0.3, -0.25) is 4.79 Å². The summed E-state index contributed by atoms with van der Waals surface area (Å²) in [7, 11) is -0.643. The first kappa shape index (κ1) is 24.3. The van der Waals surface area contributed by atoms with E-state index in [0.29, 0.717) is 23.0 Å². The number of amides is 1. The van der Waals surface area contributed by atoms with Gasteiger partial charge in [-0.05, 0) is 44.4 Å². The number of thioether (sulfide) groups is 1. The Balaban J connectivity index is 1.70. The third-order valence-corrected chi connectivity index (χ3v) is 8.19. The SMILES string of the molecule is Cc1c(C#N)c(NC(=O)CSc2ccc(S(=O)(=O)N(C)C)cn2)n(CC2CCCO2)c1C. The molecular weight excluding hydrogens is 450 g/mol. The van der Waals surface area contributed by atoms with Crippen molar-refractivity contribution in [1.82, 2.24) is 13.9 Å². The van der Waals surface area contributed by atoms with Gasteiger partial charge >= 0.3 is 0 Å². The molecule has 1 aliphatic heterocycles. The van der Waals surface area contributed by atoms with Crippen molar-refractivity contribution >= 4 is 33.5 Å². The number of aromatic nitrogens is 2. The highest BCUT2D eigenvalue weighted by Gasteiger charge is 2.24. The number of carbonyl (C=O) groups excluding carboxylic acids is 1. The van der Waals surface area contributed by atoms with Crippen LogP contribution in [0.2, 0.25) is 0 Å². The highest BCUT2D eigenvalue weighted by Crippen LogP contribution is 2.29. The van der Waals surface area contributed by atoms with Gasteiger partial charge in [0.05, 0.1) is 29.0 Å². The molecule has 3 rings (SSSR count). The van der Waals surface area contributed by atoms with Crippen LogP contribution in [0.1, 0.15) is 29.7 Å². The van der Waals surface area contributed by atoms with Crippen LogP contribution in [0, 0.1) is 25.2 Å². The highest BCUT2D eigenvalue weighted by molar-refractivity contribution is 7.99. The van der Waals surface area contributed by atoms with Crippen LogP contribution >= 0.6 is 11.8 Å². The van der Waals surface area contributed by atoms with Crippen LogP contribution in [-0.2, 0) is 26.1 Å². The lowest BCUT2D eigenvalue weighted by molar-refractivity contribution is -0.113. The lowest BCUT2D eigenvalue weighted by atomic mass is 10.2. The van der Waals surface area contributed by atoms with Gasteiger partial charge in [0.25, 0.3) is 0 Å². The second kappa shape index (κ2) is 10.0. The standard InChI is InChI=1S/C21H27N5O4S2/c1-14-15(2)26(12-16-6-5-9-30-16)21(18(14)10-22)24-19(27)13-31-20-8-7-17(11-23-20)32(28,29)25(3)4/h7-8,11,16H,5-6,9,12-13H2,1-4H3,(H,24,27). The minimum Gasteiger partial charge on any atom is -0.376 e. The maximum Gasteiger partial charge on any atom is 0.244 e. The summed E-state index contributed by atoms with van der Waals surface area (Å²) in [4.78, 5) is 16.9. The first-order chi connectivity index (χ1) is 15.1. The Labute approximate surface area is 192 Å². The van der Waals surface area contributed by atoms with E-state index in [1.165, 1.54) is 38.1 Å². The Kier molecular flexibility index (Phi) is 7.61. The molecule has 11 heteroatoms. The third kappa shape index (κ3) is 5.15. The molecule has 0 aliphatic carbocycles. The van der Waals surface area contributed by atoms with Crippen LogP contribution in [0.5, 0.6) is 0 Å². The molecule has 0 aromatic carbocycles. The van der Waals surface area contributed by atoms with E-state index in [9.17, 15) is 18.5 Å². The smallest absolute Gasteiger partial charge is 0.244 e. The van der Waals surface area contributed by atoms with Crippen molar-refractivity contribution in [2.45, 2.75) is 49.3 Å². The molecule has 1 amide bonds. The quantitative estimate of drug-likeness (QED) is 0.581. The minimum atomic E-state index is -3.55.